The quantitative estimate of drug-likeness (QED) is 0.927. The first kappa shape index (κ1) is 14.9. The van der Waals surface area contributed by atoms with E-state index in [1.807, 2.05) is 0 Å². The minimum atomic E-state index is -0.702. The molecule has 0 spiro atoms. The number of amides is 1. The number of likely N-dealkylation sites (N-methyl/N-ethyl adjacent to an activating group) is 1. The molecule has 1 unspecified atom stereocenters. The molecule has 1 aromatic heterocycles. The number of hydrogen-bond acceptors (Lipinski definition) is 5. The maximum atomic E-state index is 12.4. The van der Waals surface area contributed by atoms with Crippen LogP contribution in [0.25, 0.3) is 0 Å². The van der Waals surface area contributed by atoms with E-state index in [1.165, 1.54) is 11.3 Å². The van der Waals surface area contributed by atoms with E-state index >= 15 is 0 Å². The molecule has 116 valence electrons. The maximum absolute atomic E-state index is 12.4. The van der Waals surface area contributed by atoms with E-state index in [4.69, 9.17) is 4.74 Å². The van der Waals surface area contributed by atoms with Crippen molar-refractivity contribution in [1.82, 2.24) is 9.88 Å². The normalized spacial score (nSPS) is 24.4. The molecule has 21 heavy (non-hydrogen) atoms. The van der Waals surface area contributed by atoms with E-state index in [0.29, 0.717) is 11.4 Å². The van der Waals surface area contributed by atoms with Crippen LogP contribution in [-0.4, -0.2) is 46.7 Å². The summed E-state index contributed by atoms with van der Waals surface area (Å²) in [5.41, 5.74) is -0.702. The Morgan fingerprint density at radius 3 is 2.95 bits per heavy atom. The molecule has 0 aromatic carbocycles. The minimum absolute atomic E-state index is 0.0564. The van der Waals surface area contributed by atoms with Crippen molar-refractivity contribution in [2.75, 3.05) is 20.2 Å². The lowest BCUT2D eigenvalue weighted by molar-refractivity contribution is 0.0158. The van der Waals surface area contributed by atoms with Gasteiger partial charge in [0.15, 0.2) is 0 Å². The monoisotopic (exact) mass is 310 g/mol. The topological polar surface area (TPSA) is 62.7 Å². The Morgan fingerprint density at radius 2 is 2.29 bits per heavy atom. The summed E-state index contributed by atoms with van der Waals surface area (Å²) in [7, 11) is 1.75. The van der Waals surface area contributed by atoms with Gasteiger partial charge in [-0.1, -0.05) is 12.8 Å². The van der Waals surface area contributed by atoms with Crippen LogP contribution in [0.3, 0.4) is 0 Å². The number of thiazole rings is 1. The SMILES string of the molecule is CN(CC1(O)CCCC1)C(=O)c1cnc(C2CCCO2)s1. The molecule has 0 bridgehead atoms. The number of nitrogens with zero attached hydrogens (tertiary/aromatic N) is 2. The number of carbonyl (C=O) groups excluding carboxylic acids is 1. The lowest BCUT2D eigenvalue weighted by atomic mass is 10.0. The summed E-state index contributed by atoms with van der Waals surface area (Å²) in [4.78, 5) is 19.0. The van der Waals surface area contributed by atoms with E-state index in [9.17, 15) is 9.90 Å². The number of aromatic nitrogens is 1. The third-order valence-corrected chi connectivity index (χ3v) is 5.43. The molecule has 0 radical (unpaired) electrons. The minimum Gasteiger partial charge on any atom is -0.388 e. The molecule has 2 aliphatic rings. The van der Waals surface area contributed by atoms with Crippen LogP contribution in [-0.2, 0) is 4.74 Å². The molecular weight excluding hydrogens is 288 g/mol. The standard InChI is InChI=1S/C15H22N2O3S/c1-17(10-15(19)6-2-3-7-15)14(18)12-9-16-13(21-12)11-5-4-8-20-11/h9,11,19H,2-8,10H2,1H3. The van der Waals surface area contributed by atoms with Gasteiger partial charge in [0, 0.05) is 20.2 Å². The zero-order chi connectivity index (χ0) is 14.9. The van der Waals surface area contributed by atoms with Crippen LogP contribution < -0.4 is 0 Å². The summed E-state index contributed by atoms with van der Waals surface area (Å²) in [6, 6.07) is 0. The van der Waals surface area contributed by atoms with Crippen LogP contribution in [0.5, 0.6) is 0 Å². The Labute approximate surface area is 128 Å². The molecule has 1 amide bonds. The number of hydrogen-bond donors (Lipinski definition) is 1. The highest BCUT2D eigenvalue weighted by atomic mass is 32.1. The molecule has 1 atom stereocenters. The summed E-state index contributed by atoms with van der Waals surface area (Å²) < 4.78 is 5.60. The second-order valence-corrected chi connectivity index (χ2v) is 7.22. The van der Waals surface area contributed by atoms with Gasteiger partial charge < -0.3 is 14.7 Å². The van der Waals surface area contributed by atoms with E-state index in [0.717, 1.165) is 50.1 Å². The van der Waals surface area contributed by atoms with Crippen LogP contribution >= 0.6 is 11.3 Å². The first-order valence-corrected chi connectivity index (χ1v) is 8.44. The Morgan fingerprint density at radius 1 is 1.52 bits per heavy atom. The first-order chi connectivity index (χ1) is 10.1. The van der Waals surface area contributed by atoms with Crippen LogP contribution in [0.1, 0.15) is 59.3 Å². The van der Waals surface area contributed by atoms with Crippen LogP contribution in [0.2, 0.25) is 0 Å². The van der Waals surface area contributed by atoms with Gasteiger partial charge >= 0.3 is 0 Å². The summed E-state index contributed by atoms with van der Waals surface area (Å²) in [6.07, 6.45) is 7.39. The summed E-state index contributed by atoms with van der Waals surface area (Å²) in [5, 5.41) is 11.3. The van der Waals surface area contributed by atoms with Crippen LogP contribution in [0, 0.1) is 0 Å². The molecule has 1 saturated heterocycles. The van der Waals surface area contributed by atoms with Gasteiger partial charge in [-0.2, -0.15) is 0 Å². The highest BCUT2D eigenvalue weighted by Gasteiger charge is 2.34. The van der Waals surface area contributed by atoms with Crippen molar-refractivity contribution in [2.45, 2.75) is 50.2 Å². The molecule has 2 heterocycles. The van der Waals surface area contributed by atoms with Crippen molar-refractivity contribution in [1.29, 1.82) is 0 Å². The fraction of sp³-hybridized carbons (Fsp3) is 0.733. The van der Waals surface area contributed by atoms with E-state index in [-0.39, 0.29) is 12.0 Å². The largest absolute Gasteiger partial charge is 0.388 e. The smallest absolute Gasteiger partial charge is 0.265 e. The summed E-state index contributed by atoms with van der Waals surface area (Å²) >= 11 is 1.41. The fourth-order valence-electron chi connectivity index (χ4n) is 3.20. The van der Waals surface area contributed by atoms with Gasteiger partial charge in [-0.3, -0.25) is 4.79 Å². The van der Waals surface area contributed by atoms with Gasteiger partial charge in [-0.25, -0.2) is 4.98 Å². The third-order valence-electron chi connectivity index (χ3n) is 4.35. The van der Waals surface area contributed by atoms with Crippen molar-refractivity contribution in [2.24, 2.45) is 0 Å². The van der Waals surface area contributed by atoms with Crippen LogP contribution in [0.4, 0.5) is 0 Å². The molecule has 1 aromatic rings. The number of aliphatic hydroxyl groups is 1. The molecule has 6 heteroatoms. The predicted molar refractivity (Wildman–Crippen MR) is 80.4 cm³/mol. The van der Waals surface area contributed by atoms with Crippen molar-refractivity contribution >= 4 is 17.2 Å². The van der Waals surface area contributed by atoms with Gasteiger partial charge in [-0.15, -0.1) is 11.3 Å². The van der Waals surface area contributed by atoms with Crippen molar-refractivity contribution < 1.29 is 14.6 Å². The van der Waals surface area contributed by atoms with Crippen molar-refractivity contribution in [3.63, 3.8) is 0 Å². The highest BCUT2D eigenvalue weighted by molar-refractivity contribution is 7.13. The first-order valence-electron chi connectivity index (χ1n) is 7.63. The Balaban J connectivity index is 1.64. The zero-order valence-electron chi connectivity index (χ0n) is 12.4. The van der Waals surface area contributed by atoms with Crippen molar-refractivity contribution in [3.8, 4) is 0 Å². The second-order valence-electron chi connectivity index (χ2n) is 6.16. The lowest BCUT2D eigenvalue weighted by Crippen LogP contribution is -2.41. The van der Waals surface area contributed by atoms with Gasteiger partial charge in [0.1, 0.15) is 16.0 Å². The molecule has 3 rings (SSSR count). The molecule has 1 saturated carbocycles. The van der Waals surface area contributed by atoms with Gasteiger partial charge in [-0.05, 0) is 25.7 Å². The third kappa shape index (κ3) is 3.27. The van der Waals surface area contributed by atoms with Gasteiger partial charge in [0.05, 0.1) is 11.8 Å². The summed E-state index contributed by atoms with van der Waals surface area (Å²) in [6.45, 7) is 1.18. The molecule has 5 nitrogen and oxygen atoms in total. The Bertz CT molecular complexity index is 505. The fourth-order valence-corrected chi connectivity index (χ4v) is 4.20. The van der Waals surface area contributed by atoms with Crippen LogP contribution in [0.15, 0.2) is 6.20 Å². The average molecular weight is 310 g/mol. The van der Waals surface area contributed by atoms with Gasteiger partial charge in [0.2, 0.25) is 0 Å². The van der Waals surface area contributed by atoms with E-state index in [2.05, 4.69) is 4.98 Å². The Hall–Kier alpha value is -0.980. The molecule has 1 aliphatic carbocycles. The molecule has 2 fully saturated rings. The predicted octanol–water partition coefficient (Wildman–Crippen LogP) is 2.37. The maximum Gasteiger partial charge on any atom is 0.265 e. The van der Waals surface area contributed by atoms with Gasteiger partial charge in [0.25, 0.3) is 5.91 Å². The van der Waals surface area contributed by atoms with Crippen molar-refractivity contribution in [3.05, 3.63) is 16.1 Å². The van der Waals surface area contributed by atoms with E-state index < -0.39 is 5.60 Å². The summed E-state index contributed by atoms with van der Waals surface area (Å²) in [5.74, 6) is -0.0583. The lowest BCUT2D eigenvalue weighted by Gasteiger charge is -2.28. The number of ether oxygens (including phenoxy) is 1. The average Bonchev–Trinajstić information content (AvgIpc) is 3.18. The molecular formula is C15H22N2O3S. The highest BCUT2D eigenvalue weighted by Crippen LogP contribution is 2.33. The second kappa shape index (κ2) is 6.02. The molecule has 1 N–H and O–H groups in total. The number of carbonyl (C=O) groups is 1. The molecule has 1 aliphatic heterocycles. The zero-order valence-corrected chi connectivity index (χ0v) is 13.2. The number of rotatable bonds is 4. The Kier molecular flexibility index (Phi) is 4.28. The van der Waals surface area contributed by atoms with E-state index in [1.54, 1.807) is 18.1 Å².